The summed E-state index contributed by atoms with van der Waals surface area (Å²) in [6.07, 6.45) is 0. The molecule has 0 spiro atoms. The lowest BCUT2D eigenvalue weighted by Gasteiger charge is -2.03. The third kappa shape index (κ3) is 1.54. The average molecular weight is 341 g/mol. The number of nitriles is 1. The Morgan fingerprint density at radius 1 is 1.67 bits per heavy atom. The van der Waals surface area contributed by atoms with Gasteiger partial charge in [0.2, 0.25) is 0 Å². The largest absolute Gasteiger partial charge is 0.397 e. The van der Waals surface area contributed by atoms with Gasteiger partial charge in [-0.25, -0.2) is 4.39 Å². The van der Waals surface area contributed by atoms with Gasteiger partial charge >= 0.3 is 0 Å². The second-order valence-electron chi connectivity index (χ2n) is 2.05. The molecule has 0 aliphatic rings. The van der Waals surface area contributed by atoms with E-state index in [4.69, 9.17) is 11.0 Å². The van der Waals surface area contributed by atoms with E-state index in [1.54, 1.807) is 6.07 Å². The highest BCUT2D eigenvalue weighted by molar-refractivity contribution is 14.1. The molecule has 0 heterocycles. The molecular formula is C7H3BrFIN2. The zero-order valence-corrected chi connectivity index (χ0v) is 9.48. The van der Waals surface area contributed by atoms with Crippen molar-refractivity contribution in [1.29, 1.82) is 5.26 Å². The summed E-state index contributed by atoms with van der Waals surface area (Å²) in [6, 6.07) is 3.24. The van der Waals surface area contributed by atoms with Gasteiger partial charge in [-0.3, -0.25) is 0 Å². The highest BCUT2D eigenvalue weighted by Gasteiger charge is 2.12. The molecule has 0 aliphatic heterocycles. The monoisotopic (exact) mass is 340 g/mol. The quantitative estimate of drug-likeness (QED) is 0.448. The average Bonchev–Trinajstić information content (AvgIpc) is 2.02. The Morgan fingerprint density at radius 3 is 2.75 bits per heavy atom. The molecule has 0 aromatic heterocycles. The highest BCUT2D eigenvalue weighted by Crippen LogP contribution is 2.28. The first-order valence-electron chi connectivity index (χ1n) is 2.91. The topological polar surface area (TPSA) is 49.8 Å². The molecule has 0 atom stereocenters. The standard InChI is InChI=1S/C7H3BrFIN2/c8-4-1-5(10)7(12)3(2-11)6(4)9/h1H,12H2. The zero-order valence-electron chi connectivity index (χ0n) is 5.74. The molecule has 0 aliphatic carbocycles. The van der Waals surface area contributed by atoms with Gasteiger partial charge in [-0.15, -0.1) is 0 Å². The summed E-state index contributed by atoms with van der Waals surface area (Å²) in [4.78, 5) is 0. The van der Waals surface area contributed by atoms with E-state index in [1.807, 2.05) is 22.6 Å². The van der Waals surface area contributed by atoms with E-state index in [1.165, 1.54) is 6.07 Å². The first-order valence-corrected chi connectivity index (χ1v) is 4.78. The first kappa shape index (κ1) is 9.74. The van der Waals surface area contributed by atoms with Crippen molar-refractivity contribution in [3.05, 3.63) is 25.5 Å². The van der Waals surface area contributed by atoms with Crippen LogP contribution in [-0.4, -0.2) is 0 Å². The van der Waals surface area contributed by atoms with E-state index >= 15 is 0 Å². The van der Waals surface area contributed by atoms with Crippen LogP contribution in [-0.2, 0) is 0 Å². The van der Waals surface area contributed by atoms with Crippen LogP contribution >= 0.6 is 38.5 Å². The maximum absolute atomic E-state index is 13.1. The normalized spacial score (nSPS) is 9.50. The zero-order chi connectivity index (χ0) is 9.30. The fourth-order valence-electron chi connectivity index (χ4n) is 0.719. The Labute approximate surface area is 90.8 Å². The number of nitrogens with two attached hydrogens (primary N) is 1. The van der Waals surface area contributed by atoms with Gasteiger partial charge in [0.25, 0.3) is 0 Å². The summed E-state index contributed by atoms with van der Waals surface area (Å²) in [5, 5.41) is 8.55. The molecule has 1 rings (SSSR count). The maximum atomic E-state index is 13.1. The summed E-state index contributed by atoms with van der Waals surface area (Å²) < 4.78 is 14.0. The molecule has 1 aromatic carbocycles. The molecule has 0 radical (unpaired) electrons. The van der Waals surface area contributed by atoms with Gasteiger partial charge < -0.3 is 5.73 Å². The minimum absolute atomic E-state index is 0.103. The van der Waals surface area contributed by atoms with Crippen LogP contribution in [0.1, 0.15) is 5.56 Å². The number of benzene rings is 1. The molecule has 0 amide bonds. The van der Waals surface area contributed by atoms with Crippen molar-refractivity contribution in [3.63, 3.8) is 0 Å². The van der Waals surface area contributed by atoms with Gasteiger partial charge in [0.15, 0.2) is 5.82 Å². The molecule has 0 saturated heterocycles. The Balaban J connectivity index is 3.56. The second-order valence-corrected chi connectivity index (χ2v) is 4.07. The van der Waals surface area contributed by atoms with E-state index in [9.17, 15) is 4.39 Å². The van der Waals surface area contributed by atoms with Crippen LogP contribution in [0.15, 0.2) is 10.5 Å². The molecule has 0 fully saturated rings. The van der Waals surface area contributed by atoms with Crippen LogP contribution in [0, 0.1) is 20.7 Å². The Bertz CT molecular complexity index is 346. The van der Waals surface area contributed by atoms with Crippen LogP contribution < -0.4 is 5.73 Å². The van der Waals surface area contributed by atoms with E-state index < -0.39 is 5.82 Å². The van der Waals surface area contributed by atoms with Crippen LogP contribution in [0.4, 0.5) is 10.1 Å². The SMILES string of the molecule is N#Cc1c(N)c(I)cc(Br)c1F. The molecule has 12 heavy (non-hydrogen) atoms. The molecule has 62 valence electrons. The van der Waals surface area contributed by atoms with Gasteiger partial charge in [0, 0.05) is 3.57 Å². The summed E-state index contributed by atoms with van der Waals surface area (Å²) in [5.74, 6) is -0.601. The molecule has 5 heteroatoms. The second kappa shape index (κ2) is 3.58. The van der Waals surface area contributed by atoms with Crippen LogP contribution in [0.3, 0.4) is 0 Å². The minimum atomic E-state index is -0.601. The third-order valence-electron chi connectivity index (χ3n) is 1.32. The smallest absolute Gasteiger partial charge is 0.157 e. The number of hydrogen-bond donors (Lipinski definition) is 1. The summed E-state index contributed by atoms with van der Waals surface area (Å²) in [7, 11) is 0. The number of hydrogen-bond acceptors (Lipinski definition) is 2. The van der Waals surface area contributed by atoms with Gasteiger partial charge in [0.05, 0.1) is 10.2 Å². The van der Waals surface area contributed by atoms with Crippen LogP contribution in [0.5, 0.6) is 0 Å². The van der Waals surface area contributed by atoms with Crippen LogP contribution in [0.25, 0.3) is 0 Å². The Hall–Kier alpha value is -0.350. The number of nitrogens with zero attached hydrogens (tertiary/aromatic N) is 1. The van der Waals surface area contributed by atoms with Crippen molar-refractivity contribution < 1.29 is 4.39 Å². The molecule has 0 saturated carbocycles. The van der Waals surface area contributed by atoms with Crippen LogP contribution in [0.2, 0.25) is 0 Å². The van der Waals surface area contributed by atoms with Crippen molar-refractivity contribution in [1.82, 2.24) is 0 Å². The minimum Gasteiger partial charge on any atom is -0.397 e. The number of nitrogen functional groups attached to an aromatic ring is 1. The molecule has 0 unspecified atom stereocenters. The van der Waals surface area contributed by atoms with E-state index in [0.717, 1.165) is 0 Å². The predicted molar refractivity (Wildman–Crippen MR) is 55.9 cm³/mol. The molecule has 1 aromatic rings. The Kier molecular flexibility index (Phi) is 2.90. The fraction of sp³-hybridized carbons (Fsp3) is 0. The van der Waals surface area contributed by atoms with E-state index in [-0.39, 0.29) is 15.7 Å². The van der Waals surface area contributed by atoms with Gasteiger partial charge in [-0.1, -0.05) is 0 Å². The third-order valence-corrected chi connectivity index (χ3v) is 2.79. The summed E-state index contributed by atoms with van der Waals surface area (Å²) in [5.41, 5.74) is 5.56. The fourth-order valence-corrected chi connectivity index (χ4v) is 2.15. The molecule has 0 bridgehead atoms. The maximum Gasteiger partial charge on any atom is 0.157 e. The van der Waals surface area contributed by atoms with Crippen molar-refractivity contribution in [2.75, 3.05) is 5.73 Å². The summed E-state index contributed by atoms with van der Waals surface area (Å²) in [6.45, 7) is 0. The molecular weight excluding hydrogens is 338 g/mol. The van der Waals surface area contributed by atoms with Crippen molar-refractivity contribution in [3.8, 4) is 6.07 Å². The lowest BCUT2D eigenvalue weighted by Crippen LogP contribution is -1.98. The number of halogens is 3. The van der Waals surface area contributed by atoms with Gasteiger partial charge in [0.1, 0.15) is 11.6 Å². The van der Waals surface area contributed by atoms with E-state index in [0.29, 0.717) is 3.57 Å². The molecule has 2 N–H and O–H groups in total. The lowest BCUT2D eigenvalue weighted by molar-refractivity contribution is 0.617. The summed E-state index contributed by atoms with van der Waals surface area (Å²) >= 11 is 4.93. The van der Waals surface area contributed by atoms with Crippen molar-refractivity contribution >= 4 is 44.2 Å². The molecule has 2 nitrogen and oxygen atoms in total. The van der Waals surface area contributed by atoms with Gasteiger partial charge in [-0.05, 0) is 44.6 Å². The lowest BCUT2D eigenvalue weighted by atomic mass is 10.2. The van der Waals surface area contributed by atoms with Gasteiger partial charge in [-0.2, -0.15) is 5.26 Å². The van der Waals surface area contributed by atoms with E-state index in [2.05, 4.69) is 15.9 Å². The van der Waals surface area contributed by atoms with Crippen molar-refractivity contribution in [2.24, 2.45) is 0 Å². The first-order chi connectivity index (χ1) is 5.57. The number of rotatable bonds is 0. The Morgan fingerprint density at radius 2 is 2.25 bits per heavy atom. The predicted octanol–water partition coefficient (Wildman–Crippen LogP) is 2.65. The van der Waals surface area contributed by atoms with Crippen molar-refractivity contribution in [2.45, 2.75) is 0 Å². The highest BCUT2D eigenvalue weighted by atomic mass is 127. The number of anilines is 1.